The van der Waals surface area contributed by atoms with Crippen LogP contribution in [0.1, 0.15) is 50.2 Å². The second-order valence-corrected chi connectivity index (χ2v) is 4.20. The van der Waals surface area contributed by atoms with Gasteiger partial charge in [-0.3, -0.25) is 0 Å². The number of hydrogen-bond acceptors (Lipinski definition) is 0. The van der Waals surface area contributed by atoms with E-state index in [1.165, 1.54) is 25.7 Å². The highest BCUT2D eigenvalue weighted by atomic mass is 14.4. The van der Waals surface area contributed by atoms with E-state index in [1.54, 1.807) is 11.1 Å². The molecule has 0 amide bonds. The van der Waals surface area contributed by atoms with Crippen molar-refractivity contribution in [3.8, 4) is 0 Å². The standard InChI is InChI=1S/C12H14.C2H6/c1-2-6-11-9(4-1)8-10-5-3-7-12(10)11;1-2/h1-2,4,6,10,12H,3,5,7-8H2;1-2H3. The molecule has 0 N–H and O–H groups in total. The predicted octanol–water partition coefficient (Wildman–Crippen LogP) is 4.15. The quantitative estimate of drug-likeness (QED) is 0.573. The summed E-state index contributed by atoms with van der Waals surface area (Å²) in [5.41, 5.74) is 3.30. The molecule has 1 saturated carbocycles. The van der Waals surface area contributed by atoms with Crippen molar-refractivity contribution in [1.29, 1.82) is 0 Å². The van der Waals surface area contributed by atoms with Crippen molar-refractivity contribution in [2.24, 2.45) is 5.92 Å². The van der Waals surface area contributed by atoms with Crippen LogP contribution in [0, 0.1) is 5.92 Å². The van der Waals surface area contributed by atoms with Gasteiger partial charge in [-0.05, 0) is 42.2 Å². The molecule has 0 heteroatoms. The van der Waals surface area contributed by atoms with E-state index >= 15 is 0 Å². The lowest BCUT2D eigenvalue weighted by molar-refractivity contribution is 0.527. The van der Waals surface area contributed by atoms with E-state index in [-0.39, 0.29) is 0 Å². The SMILES string of the molecule is CC.c1ccc2c(c1)CC1CCCC21. The lowest BCUT2D eigenvalue weighted by Gasteiger charge is -2.08. The molecule has 14 heavy (non-hydrogen) atoms. The van der Waals surface area contributed by atoms with E-state index in [0.717, 1.165) is 11.8 Å². The largest absolute Gasteiger partial charge is 0.0683 e. The third-order valence-corrected chi connectivity index (χ3v) is 3.60. The van der Waals surface area contributed by atoms with Crippen LogP contribution in [0.15, 0.2) is 24.3 Å². The Balaban J connectivity index is 0.000000354. The minimum atomic E-state index is 0.932. The zero-order chi connectivity index (χ0) is 9.97. The molecule has 0 aliphatic heterocycles. The van der Waals surface area contributed by atoms with Gasteiger partial charge < -0.3 is 0 Å². The van der Waals surface area contributed by atoms with Gasteiger partial charge in [-0.25, -0.2) is 0 Å². The maximum Gasteiger partial charge on any atom is -0.0128 e. The first-order chi connectivity index (χ1) is 6.95. The third kappa shape index (κ3) is 1.47. The topological polar surface area (TPSA) is 0 Å². The van der Waals surface area contributed by atoms with Crippen LogP contribution >= 0.6 is 0 Å². The molecule has 3 rings (SSSR count). The van der Waals surface area contributed by atoms with Gasteiger partial charge >= 0.3 is 0 Å². The summed E-state index contributed by atoms with van der Waals surface area (Å²) in [6, 6.07) is 9.03. The average Bonchev–Trinajstić information content (AvgIpc) is 2.80. The molecule has 2 atom stereocenters. The van der Waals surface area contributed by atoms with Crippen molar-refractivity contribution in [2.45, 2.75) is 45.4 Å². The summed E-state index contributed by atoms with van der Waals surface area (Å²) < 4.78 is 0. The minimum absolute atomic E-state index is 0.932. The summed E-state index contributed by atoms with van der Waals surface area (Å²) >= 11 is 0. The van der Waals surface area contributed by atoms with E-state index in [1.807, 2.05) is 13.8 Å². The first-order valence-electron chi connectivity index (χ1n) is 6.03. The van der Waals surface area contributed by atoms with Gasteiger partial charge in [-0.1, -0.05) is 44.5 Å². The molecule has 0 heterocycles. The molecular weight excluding hydrogens is 168 g/mol. The highest BCUT2D eigenvalue weighted by Gasteiger charge is 2.35. The molecular formula is C14H20. The van der Waals surface area contributed by atoms with Gasteiger partial charge in [0.1, 0.15) is 0 Å². The monoisotopic (exact) mass is 188 g/mol. The summed E-state index contributed by atoms with van der Waals surface area (Å²) in [5.74, 6) is 1.93. The molecule has 0 spiro atoms. The van der Waals surface area contributed by atoms with Crippen molar-refractivity contribution in [3.63, 3.8) is 0 Å². The Morgan fingerprint density at radius 1 is 1.07 bits per heavy atom. The van der Waals surface area contributed by atoms with Gasteiger partial charge in [0.15, 0.2) is 0 Å². The van der Waals surface area contributed by atoms with E-state index in [9.17, 15) is 0 Å². The van der Waals surface area contributed by atoms with E-state index in [4.69, 9.17) is 0 Å². The van der Waals surface area contributed by atoms with Crippen molar-refractivity contribution >= 4 is 0 Å². The first-order valence-corrected chi connectivity index (χ1v) is 6.03. The fourth-order valence-electron chi connectivity index (χ4n) is 3.05. The molecule has 0 aromatic heterocycles. The highest BCUT2D eigenvalue weighted by Crippen LogP contribution is 2.47. The van der Waals surface area contributed by atoms with Crippen LogP contribution in [0.3, 0.4) is 0 Å². The van der Waals surface area contributed by atoms with Crippen LogP contribution in [0.5, 0.6) is 0 Å². The zero-order valence-electron chi connectivity index (χ0n) is 9.29. The third-order valence-electron chi connectivity index (χ3n) is 3.60. The lowest BCUT2D eigenvalue weighted by Crippen LogP contribution is -1.97. The van der Waals surface area contributed by atoms with Gasteiger partial charge in [-0.15, -0.1) is 0 Å². The van der Waals surface area contributed by atoms with Crippen LogP contribution in [-0.2, 0) is 6.42 Å². The highest BCUT2D eigenvalue weighted by molar-refractivity contribution is 5.36. The molecule has 0 radical (unpaired) electrons. The van der Waals surface area contributed by atoms with Gasteiger partial charge in [0.05, 0.1) is 0 Å². The first kappa shape index (κ1) is 9.76. The Hall–Kier alpha value is -0.780. The normalized spacial score (nSPS) is 27.6. The molecule has 0 bridgehead atoms. The molecule has 1 aromatic carbocycles. The van der Waals surface area contributed by atoms with Crippen LogP contribution in [0.2, 0.25) is 0 Å². The minimum Gasteiger partial charge on any atom is -0.0683 e. The number of benzene rings is 1. The van der Waals surface area contributed by atoms with Crippen LogP contribution in [0.25, 0.3) is 0 Å². The summed E-state index contributed by atoms with van der Waals surface area (Å²) in [4.78, 5) is 0. The Morgan fingerprint density at radius 3 is 2.71 bits per heavy atom. The Bertz CT molecular complexity index is 301. The predicted molar refractivity (Wildman–Crippen MR) is 61.6 cm³/mol. The second-order valence-electron chi connectivity index (χ2n) is 4.20. The smallest absolute Gasteiger partial charge is 0.0128 e. The summed E-state index contributed by atoms with van der Waals surface area (Å²) in [7, 11) is 0. The molecule has 0 nitrogen and oxygen atoms in total. The molecule has 2 aliphatic rings. The lowest BCUT2D eigenvalue weighted by atomic mass is 9.97. The molecule has 0 saturated heterocycles. The molecule has 1 fully saturated rings. The van der Waals surface area contributed by atoms with E-state index < -0.39 is 0 Å². The zero-order valence-corrected chi connectivity index (χ0v) is 9.29. The fraction of sp³-hybridized carbons (Fsp3) is 0.571. The molecule has 76 valence electrons. The maximum absolute atomic E-state index is 2.34. The van der Waals surface area contributed by atoms with Crippen molar-refractivity contribution in [3.05, 3.63) is 35.4 Å². The van der Waals surface area contributed by atoms with Gasteiger partial charge in [0.25, 0.3) is 0 Å². The Labute approximate surface area is 87.3 Å². The number of hydrogen-bond donors (Lipinski definition) is 0. The molecule has 2 unspecified atom stereocenters. The van der Waals surface area contributed by atoms with E-state index in [0.29, 0.717) is 0 Å². The van der Waals surface area contributed by atoms with Crippen molar-refractivity contribution in [1.82, 2.24) is 0 Å². The van der Waals surface area contributed by atoms with Gasteiger partial charge in [0, 0.05) is 0 Å². The van der Waals surface area contributed by atoms with Crippen LogP contribution in [0.4, 0.5) is 0 Å². The fourth-order valence-corrected chi connectivity index (χ4v) is 3.05. The maximum atomic E-state index is 2.34. The summed E-state index contributed by atoms with van der Waals surface area (Å²) in [5, 5.41) is 0. The molecule has 2 aliphatic carbocycles. The van der Waals surface area contributed by atoms with E-state index in [2.05, 4.69) is 24.3 Å². The average molecular weight is 188 g/mol. The van der Waals surface area contributed by atoms with Gasteiger partial charge in [0.2, 0.25) is 0 Å². The number of fused-ring (bicyclic) bond motifs is 3. The Morgan fingerprint density at radius 2 is 1.86 bits per heavy atom. The van der Waals surface area contributed by atoms with Crippen LogP contribution < -0.4 is 0 Å². The van der Waals surface area contributed by atoms with Gasteiger partial charge in [-0.2, -0.15) is 0 Å². The summed E-state index contributed by atoms with van der Waals surface area (Å²) in [6.45, 7) is 4.00. The summed E-state index contributed by atoms with van der Waals surface area (Å²) in [6.07, 6.45) is 5.74. The molecule has 1 aromatic rings. The number of rotatable bonds is 0. The van der Waals surface area contributed by atoms with Crippen LogP contribution in [-0.4, -0.2) is 0 Å². The Kier molecular flexibility index (Phi) is 2.90. The van der Waals surface area contributed by atoms with Crippen molar-refractivity contribution in [2.75, 3.05) is 0 Å². The second kappa shape index (κ2) is 4.16. The van der Waals surface area contributed by atoms with Crippen molar-refractivity contribution < 1.29 is 0 Å².